The zero-order chi connectivity index (χ0) is 24.1. The molecule has 2 heterocycles. The number of carbonyl (C=O) groups excluding carboxylic acids is 1. The molecule has 1 N–H and O–H groups in total. The first-order chi connectivity index (χ1) is 15.4. The van der Waals surface area contributed by atoms with E-state index in [2.05, 4.69) is 5.32 Å². The van der Waals surface area contributed by atoms with Crippen LogP contribution in [0.2, 0.25) is 0 Å². The summed E-state index contributed by atoms with van der Waals surface area (Å²) in [5, 5.41) is 7.71. The molecule has 0 unspecified atom stereocenters. The molecule has 2 aromatic rings. The van der Waals surface area contributed by atoms with Gasteiger partial charge in [0.15, 0.2) is 9.84 Å². The first kappa shape index (κ1) is 23.7. The van der Waals surface area contributed by atoms with Gasteiger partial charge in [0, 0.05) is 35.2 Å². The van der Waals surface area contributed by atoms with E-state index >= 15 is 0 Å². The quantitative estimate of drug-likeness (QED) is 0.688. The minimum Gasteiger partial charge on any atom is -0.491 e. The second kappa shape index (κ2) is 8.42. The molecule has 1 aromatic carbocycles. The average molecular weight is 478 g/mol. The van der Waals surface area contributed by atoms with Crippen molar-refractivity contribution in [3.05, 3.63) is 35.3 Å². The Kier molecular flexibility index (Phi) is 6.05. The summed E-state index contributed by atoms with van der Waals surface area (Å²) in [6.45, 7) is 9.63. The standard InChI is InChI=1S/C24H32FN3O4S/c1-14(2)28-21-10-16(23(29)26-24(5)12-33(30,31)13-24)6-8-18(21)22(27-28)19-11-17(32-15(3)4)7-9-20(19)25/h7,9,11,14-16H,6,8,10,12-13H2,1-5H3,(H,26,29)/t16-/m1/s1. The lowest BCUT2D eigenvalue weighted by atomic mass is 9.84. The number of amides is 1. The van der Waals surface area contributed by atoms with Gasteiger partial charge in [-0.1, -0.05) is 0 Å². The molecule has 0 radical (unpaired) electrons. The van der Waals surface area contributed by atoms with Crippen molar-refractivity contribution in [3.8, 4) is 17.0 Å². The maximum Gasteiger partial charge on any atom is 0.223 e. The van der Waals surface area contributed by atoms with Crippen LogP contribution in [0, 0.1) is 11.7 Å². The van der Waals surface area contributed by atoms with Crippen LogP contribution in [-0.4, -0.2) is 47.3 Å². The van der Waals surface area contributed by atoms with E-state index in [9.17, 15) is 17.6 Å². The van der Waals surface area contributed by atoms with E-state index in [1.807, 2.05) is 32.4 Å². The van der Waals surface area contributed by atoms with Gasteiger partial charge >= 0.3 is 0 Å². The SMILES string of the molecule is CC(C)Oc1ccc(F)c(-c2nn(C(C)C)c3c2CC[C@@H](C(=O)NC2(C)CS(=O)(=O)C2)C3)c1. The number of hydrogen-bond acceptors (Lipinski definition) is 5. The van der Waals surface area contributed by atoms with Crippen molar-refractivity contribution in [3.63, 3.8) is 0 Å². The third kappa shape index (κ3) is 4.78. The molecule has 1 aliphatic heterocycles. The zero-order valence-corrected chi connectivity index (χ0v) is 20.6. The number of hydrogen-bond donors (Lipinski definition) is 1. The largest absolute Gasteiger partial charge is 0.491 e. The van der Waals surface area contributed by atoms with Crippen molar-refractivity contribution < 1.29 is 22.3 Å². The van der Waals surface area contributed by atoms with E-state index in [-0.39, 0.29) is 41.3 Å². The topological polar surface area (TPSA) is 90.3 Å². The van der Waals surface area contributed by atoms with Crippen LogP contribution in [0.15, 0.2) is 18.2 Å². The van der Waals surface area contributed by atoms with Crippen LogP contribution in [0.1, 0.15) is 58.3 Å². The van der Waals surface area contributed by atoms with Crippen molar-refractivity contribution in [1.29, 1.82) is 0 Å². The number of sulfone groups is 1. The second-order valence-corrected chi connectivity index (χ2v) is 12.2. The summed E-state index contributed by atoms with van der Waals surface area (Å²) in [6, 6.07) is 4.76. The van der Waals surface area contributed by atoms with E-state index in [1.54, 1.807) is 19.1 Å². The third-order valence-electron chi connectivity index (χ3n) is 6.23. The van der Waals surface area contributed by atoms with Gasteiger partial charge in [-0.3, -0.25) is 9.48 Å². The Labute approximate surface area is 194 Å². The summed E-state index contributed by atoms with van der Waals surface area (Å²) in [5.41, 5.74) is 2.21. The first-order valence-electron chi connectivity index (χ1n) is 11.5. The van der Waals surface area contributed by atoms with Crippen LogP contribution in [0.5, 0.6) is 5.75 Å². The predicted octanol–water partition coefficient (Wildman–Crippen LogP) is 3.47. The van der Waals surface area contributed by atoms with Crippen molar-refractivity contribution >= 4 is 15.7 Å². The van der Waals surface area contributed by atoms with Crippen molar-refractivity contribution in [2.75, 3.05) is 11.5 Å². The van der Waals surface area contributed by atoms with Gasteiger partial charge in [0.25, 0.3) is 0 Å². The molecule has 1 atom stereocenters. The molecule has 4 rings (SSSR count). The van der Waals surface area contributed by atoms with Gasteiger partial charge < -0.3 is 10.1 Å². The van der Waals surface area contributed by atoms with Crippen LogP contribution < -0.4 is 10.1 Å². The minimum absolute atomic E-state index is 0.0220. The summed E-state index contributed by atoms with van der Waals surface area (Å²) in [4.78, 5) is 13.0. The Morgan fingerprint density at radius 2 is 1.97 bits per heavy atom. The predicted molar refractivity (Wildman–Crippen MR) is 124 cm³/mol. The van der Waals surface area contributed by atoms with Crippen LogP contribution in [0.4, 0.5) is 4.39 Å². The van der Waals surface area contributed by atoms with Crippen LogP contribution in [0.25, 0.3) is 11.3 Å². The van der Waals surface area contributed by atoms with E-state index in [1.165, 1.54) is 6.07 Å². The van der Waals surface area contributed by atoms with Crippen LogP contribution in [0.3, 0.4) is 0 Å². The molecule has 7 nitrogen and oxygen atoms in total. The highest BCUT2D eigenvalue weighted by Gasteiger charge is 2.46. The fourth-order valence-corrected chi connectivity index (χ4v) is 6.94. The average Bonchev–Trinajstić information content (AvgIpc) is 3.06. The molecule has 1 aromatic heterocycles. The van der Waals surface area contributed by atoms with Gasteiger partial charge in [-0.25, -0.2) is 12.8 Å². The number of nitrogens with one attached hydrogen (secondary N) is 1. The third-order valence-corrected chi connectivity index (χ3v) is 8.38. The highest BCUT2D eigenvalue weighted by Crippen LogP contribution is 2.37. The zero-order valence-electron chi connectivity index (χ0n) is 19.8. The van der Waals surface area contributed by atoms with Gasteiger partial charge in [0.1, 0.15) is 11.6 Å². The summed E-state index contributed by atoms with van der Waals surface area (Å²) in [7, 11) is -3.05. The molecule has 180 valence electrons. The van der Waals surface area contributed by atoms with E-state index in [4.69, 9.17) is 9.84 Å². The van der Waals surface area contributed by atoms with Crippen molar-refractivity contribution in [1.82, 2.24) is 15.1 Å². The fraction of sp³-hybridized carbons (Fsp3) is 0.583. The van der Waals surface area contributed by atoms with Crippen LogP contribution >= 0.6 is 0 Å². The number of halogens is 1. The van der Waals surface area contributed by atoms with Crippen molar-refractivity contribution in [2.24, 2.45) is 5.92 Å². The summed E-state index contributed by atoms with van der Waals surface area (Å²) in [5.74, 6) is -0.223. The first-order valence-corrected chi connectivity index (χ1v) is 13.3. The Morgan fingerprint density at radius 1 is 1.27 bits per heavy atom. The molecular formula is C24H32FN3O4S. The van der Waals surface area contributed by atoms with E-state index in [0.717, 1.165) is 11.3 Å². The number of fused-ring (bicyclic) bond motifs is 1. The molecule has 1 fully saturated rings. The molecule has 1 aliphatic carbocycles. The Bertz CT molecular complexity index is 1170. The Hall–Kier alpha value is -2.42. The monoisotopic (exact) mass is 477 g/mol. The molecule has 0 spiro atoms. The Morgan fingerprint density at radius 3 is 2.58 bits per heavy atom. The second-order valence-electron chi connectivity index (χ2n) is 10.1. The fourth-order valence-electron chi connectivity index (χ4n) is 4.94. The van der Waals surface area contributed by atoms with Crippen LogP contribution in [-0.2, 0) is 27.5 Å². The maximum atomic E-state index is 14.9. The van der Waals surface area contributed by atoms with E-state index < -0.39 is 15.4 Å². The molecule has 1 saturated heterocycles. The van der Waals surface area contributed by atoms with Gasteiger partial charge in [0.2, 0.25) is 5.91 Å². The normalized spacial score (nSPS) is 20.9. The minimum atomic E-state index is -3.05. The lowest BCUT2D eigenvalue weighted by Gasteiger charge is -2.39. The molecule has 9 heteroatoms. The van der Waals surface area contributed by atoms with Gasteiger partial charge in [0.05, 0.1) is 28.8 Å². The number of rotatable bonds is 6. The lowest BCUT2D eigenvalue weighted by molar-refractivity contribution is -0.126. The lowest BCUT2D eigenvalue weighted by Crippen LogP contribution is -2.64. The summed E-state index contributed by atoms with van der Waals surface area (Å²) in [6.07, 6.45) is 1.65. The maximum absolute atomic E-state index is 14.9. The molecule has 0 bridgehead atoms. The number of benzene rings is 1. The van der Waals surface area contributed by atoms with Crippen molar-refractivity contribution in [2.45, 2.75) is 71.6 Å². The molecular weight excluding hydrogens is 445 g/mol. The number of nitrogens with zero attached hydrogens (tertiary/aromatic N) is 2. The number of ether oxygens (including phenoxy) is 1. The highest BCUT2D eigenvalue weighted by molar-refractivity contribution is 7.93. The highest BCUT2D eigenvalue weighted by atomic mass is 32.2. The summed E-state index contributed by atoms with van der Waals surface area (Å²) < 4.78 is 45.7. The van der Waals surface area contributed by atoms with Gasteiger partial charge in [-0.2, -0.15) is 5.10 Å². The molecule has 2 aliphatic rings. The smallest absolute Gasteiger partial charge is 0.223 e. The summed E-state index contributed by atoms with van der Waals surface area (Å²) >= 11 is 0. The van der Waals surface area contributed by atoms with E-state index in [0.29, 0.717) is 36.3 Å². The molecule has 33 heavy (non-hydrogen) atoms. The molecule has 1 amide bonds. The van der Waals surface area contributed by atoms with Gasteiger partial charge in [-0.15, -0.1) is 0 Å². The van der Waals surface area contributed by atoms with Gasteiger partial charge in [-0.05, 0) is 65.7 Å². The number of aromatic nitrogens is 2. The Balaban J connectivity index is 1.63. The number of carbonyl (C=O) groups is 1. The molecule has 0 saturated carbocycles.